The van der Waals surface area contributed by atoms with Crippen LogP contribution in [-0.4, -0.2) is 53.7 Å². The van der Waals surface area contributed by atoms with E-state index in [1.807, 2.05) is 9.80 Å². The number of likely N-dealkylation sites (tertiary alicyclic amines) is 1. The average Bonchev–Trinajstić information content (AvgIpc) is 2.56. The summed E-state index contributed by atoms with van der Waals surface area (Å²) in [5, 5.41) is 9.90. The summed E-state index contributed by atoms with van der Waals surface area (Å²) in [7, 11) is 0. The maximum Gasteiger partial charge on any atom is 0.219 e. The van der Waals surface area contributed by atoms with E-state index in [0.29, 0.717) is 12.2 Å². The van der Waals surface area contributed by atoms with Crippen molar-refractivity contribution in [2.75, 3.05) is 37.7 Å². The molecule has 1 N–H and O–H groups in total. The molecule has 1 atom stereocenters. The third kappa shape index (κ3) is 3.04. The standard InChI is InChI=1S/C17H24FN3O2/c1-13(23)20-7-3-17(4-8-20)5-9-21(11-14(17)12-22)16-2-6-19-10-15(16)18/h2,6,10,14,22H,3-5,7-9,11-12H2,1H3/t14-/m1/s1. The van der Waals surface area contributed by atoms with Gasteiger partial charge in [-0.05, 0) is 30.7 Å². The number of nitrogens with zero attached hydrogens (tertiary/aromatic N) is 3. The zero-order valence-corrected chi connectivity index (χ0v) is 13.5. The van der Waals surface area contributed by atoms with Gasteiger partial charge >= 0.3 is 0 Å². The first-order valence-corrected chi connectivity index (χ1v) is 8.26. The Balaban J connectivity index is 1.73. The van der Waals surface area contributed by atoms with Gasteiger partial charge in [0.2, 0.25) is 5.91 Å². The molecule has 0 radical (unpaired) electrons. The Bertz CT molecular complexity index is 573. The molecular formula is C17H24FN3O2. The molecule has 0 aromatic carbocycles. The number of aliphatic hydroxyl groups excluding tert-OH is 1. The van der Waals surface area contributed by atoms with E-state index in [2.05, 4.69) is 4.98 Å². The maximum absolute atomic E-state index is 14.0. The van der Waals surface area contributed by atoms with E-state index in [1.165, 1.54) is 6.20 Å². The van der Waals surface area contributed by atoms with Gasteiger partial charge in [0, 0.05) is 51.8 Å². The third-order valence-corrected chi connectivity index (χ3v) is 5.70. The van der Waals surface area contributed by atoms with Crippen molar-refractivity contribution >= 4 is 11.6 Å². The van der Waals surface area contributed by atoms with Crippen LogP contribution in [0.1, 0.15) is 26.2 Å². The molecule has 2 aliphatic heterocycles. The van der Waals surface area contributed by atoms with E-state index >= 15 is 0 Å². The van der Waals surface area contributed by atoms with Crippen molar-refractivity contribution in [2.24, 2.45) is 11.3 Å². The Morgan fingerprint density at radius 1 is 1.39 bits per heavy atom. The van der Waals surface area contributed by atoms with Gasteiger partial charge in [0.05, 0.1) is 11.9 Å². The van der Waals surface area contributed by atoms with Gasteiger partial charge in [0.15, 0.2) is 5.82 Å². The van der Waals surface area contributed by atoms with Crippen LogP contribution in [0.25, 0.3) is 0 Å². The van der Waals surface area contributed by atoms with Gasteiger partial charge in [-0.15, -0.1) is 0 Å². The highest BCUT2D eigenvalue weighted by molar-refractivity contribution is 5.73. The van der Waals surface area contributed by atoms with Gasteiger partial charge in [-0.3, -0.25) is 9.78 Å². The second-order valence-electron chi connectivity index (χ2n) is 6.77. The number of anilines is 1. The topological polar surface area (TPSA) is 56.7 Å². The van der Waals surface area contributed by atoms with Gasteiger partial charge in [0.25, 0.3) is 0 Å². The number of halogens is 1. The lowest BCUT2D eigenvalue weighted by Gasteiger charge is -2.51. The highest BCUT2D eigenvalue weighted by Gasteiger charge is 2.45. The predicted molar refractivity (Wildman–Crippen MR) is 85.5 cm³/mol. The monoisotopic (exact) mass is 321 g/mol. The van der Waals surface area contributed by atoms with Gasteiger partial charge in [-0.25, -0.2) is 4.39 Å². The van der Waals surface area contributed by atoms with E-state index < -0.39 is 0 Å². The molecule has 23 heavy (non-hydrogen) atoms. The van der Waals surface area contributed by atoms with Crippen LogP contribution in [0, 0.1) is 17.2 Å². The van der Waals surface area contributed by atoms with Crippen molar-refractivity contribution in [3.63, 3.8) is 0 Å². The average molecular weight is 321 g/mol. The SMILES string of the molecule is CC(=O)N1CCC2(CC1)CCN(c1ccncc1F)C[C@@H]2CO. The number of hydrogen-bond acceptors (Lipinski definition) is 4. The zero-order valence-electron chi connectivity index (χ0n) is 13.5. The Labute approximate surface area is 136 Å². The summed E-state index contributed by atoms with van der Waals surface area (Å²) in [5.74, 6) is -0.0823. The van der Waals surface area contributed by atoms with E-state index in [4.69, 9.17) is 0 Å². The van der Waals surface area contributed by atoms with E-state index in [-0.39, 0.29) is 29.7 Å². The van der Waals surface area contributed by atoms with E-state index in [0.717, 1.165) is 38.9 Å². The molecule has 1 aromatic heterocycles. The number of hydrogen-bond donors (Lipinski definition) is 1. The lowest BCUT2D eigenvalue weighted by atomic mass is 9.64. The van der Waals surface area contributed by atoms with Crippen LogP contribution >= 0.6 is 0 Å². The third-order valence-electron chi connectivity index (χ3n) is 5.70. The fourth-order valence-electron chi connectivity index (χ4n) is 4.13. The number of aliphatic hydroxyl groups is 1. The molecule has 0 aliphatic carbocycles. The minimum atomic E-state index is -0.313. The maximum atomic E-state index is 14.0. The molecule has 5 nitrogen and oxygen atoms in total. The summed E-state index contributed by atoms with van der Waals surface area (Å²) in [4.78, 5) is 19.2. The molecule has 126 valence electrons. The largest absolute Gasteiger partial charge is 0.396 e. The van der Waals surface area contributed by atoms with E-state index in [9.17, 15) is 14.3 Å². The zero-order chi connectivity index (χ0) is 16.4. The van der Waals surface area contributed by atoms with Crippen LogP contribution in [0.4, 0.5) is 10.1 Å². The normalized spacial score (nSPS) is 24.0. The Hall–Kier alpha value is -1.69. The molecule has 3 rings (SSSR count). The molecule has 0 unspecified atom stereocenters. The first-order valence-electron chi connectivity index (χ1n) is 8.26. The number of rotatable bonds is 2. The molecule has 1 amide bonds. The molecule has 1 spiro atoms. The summed E-state index contributed by atoms with van der Waals surface area (Å²) in [6.07, 6.45) is 5.60. The number of amides is 1. The van der Waals surface area contributed by atoms with E-state index in [1.54, 1.807) is 19.2 Å². The minimum Gasteiger partial charge on any atom is -0.396 e. The molecular weight excluding hydrogens is 297 g/mol. The second-order valence-corrected chi connectivity index (χ2v) is 6.77. The molecule has 1 aromatic rings. The smallest absolute Gasteiger partial charge is 0.219 e. The lowest BCUT2D eigenvalue weighted by molar-refractivity contribution is -0.132. The van der Waals surface area contributed by atoms with Crippen LogP contribution in [0.15, 0.2) is 18.5 Å². The lowest BCUT2D eigenvalue weighted by Crippen LogP contribution is -2.54. The van der Waals surface area contributed by atoms with Crippen LogP contribution in [0.5, 0.6) is 0 Å². The van der Waals surface area contributed by atoms with Crippen molar-refractivity contribution < 1.29 is 14.3 Å². The summed E-state index contributed by atoms with van der Waals surface area (Å²) in [6.45, 7) is 4.65. The number of carbonyl (C=O) groups excluding carboxylic acids is 1. The summed E-state index contributed by atoms with van der Waals surface area (Å²) >= 11 is 0. The Kier molecular flexibility index (Phi) is 4.53. The van der Waals surface area contributed by atoms with Gasteiger partial charge in [0.1, 0.15) is 0 Å². The number of piperidine rings is 2. The fourth-order valence-corrected chi connectivity index (χ4v) is 4.13. The van der Waals surface area contributed by atoms with Crippen LogP contribution in [-0.2, 0) is 4.79 Å². The highest BCUT2D eigenvalue weighted by Crippen LogP contribution is 2.46. The van der Waals surface area contributed by atoms with Crippen LogP contribution in [0.2, 0.25) is 0 Å². The van der Waals surface area contributed by atoms with Crippen LogP contribution < -0.4 is 4.90 Å². The van der Waals surface area contributed by atoms with Crippen LogP contribution in [0.3, 0.4) is 0 Å². The summed E-state index contributed by atoms with van der Waals surface area (Å²) < 4.78 is 14.0. The Morgan fingerprint density at radius 2 is 2.09 bits per heavy atom. The molecule has 0 saturated carbocycles. The summed E-state index contributed by atoms with van der Waals surface area (Å²) in [6, 6.07) is 1.69. The van der Waals surface area contributed by atoms with Gasteiger partial charge in [-0.2, -0.15) is 0 Å². The first-order chi connectivity index (χ1) is 11.1. The number of carbonyl (C=O) groups is 1. The molecule has 2 saturated heterocycles. The Morgan fingerprint density at radius 3 is 2.70 bits per heavy atom. The number of pyridine rings is 1. The first kappa shape index (κ1) is 16.2. The molecule has 6 heteroatoms. The second kappa shape index (κ2) is 6.43. The highest BCUT2D eigenvalue weighted by atomic mass is 19.1. The van der Waals surface area contributed by atoms with Crippen molar-refractivity contribution in [3.05, 3.63) is 24.3 Å². The molecule has 3 heterocycles. The van der Waals surface area contributed by atoms with Crippen molar-refractivity contribution in [3.8, 4) is 0 Å². The summed E-state index contributed by atoms with van der Waals surface area (Å²) in [5.41, 5.74) is 0.634. The molecule has 0 bridgehead atoms. The molecule has 2 aliphatic rings. The van der Waals surface area contributed by atoms with Crippen molar-refractivity contribution in [1.29, 1.82) is 0 Å². The predicted octanol–water partition coefficient (Wildman–Crippen LogP) is 1.67. The number of aromatic nitrogens is 1. The fraction of sp³-hybridized carbons (Fsp3) is 0.647. The van der Waals surface area contributed by atoms with Crippen molar-refractivity contribution in [1.82, 2.24) is 9.88 Å². The van der Waals surface area contributed by atoms with Crippen molar-refractivity contribution in [2.45, 2.75) is 26.2 Å². The van der Waals surface area contributed by atoms with Gasteiger partial charge in [-0.1, -0.05) is 0 Å². The quantitative estimate of drug-likeness (QED) is 0.900. The van der Waals surface area contributed by atoms with Gasteiger partial charge < -0.3 is 14.9 Å². The molecule has 2 fully saturated rings. The minimum absolute atomic E-state index is 0.0701.